The first kappa shape index (κ1) is 39.2. The molecule has 0 aliphatic heterocycles. The lowest BCUT2D eigenvalue weighted by Crippen LogP contribution is -2.41. The zero-order valence-electron chi connectivity index (χ0n) is 31.5. The number of amides is 2. The van der Waals surface area contributed by atoms with Crippen molar-refractivity contribution in [2.24, 2.45) is 0 Å². The van der Waals surface area contributed by atoms with Crippen molar-refractivity contribution in [3.8, 4) is 11.5 Å². The van der Waals surface area contributed by atoms with Crippen LogP contribution >= 0.6 is 0 Å². The molecule has 0 fully saturated rings. The number of carbonyl (C=O) groups is 2. The van der Waals surface area contributed by atoms with Crippen molar-refractivity contribution in [1.82, 2.24) is 5.32 Å². The molecule has 0 saturated carbocycles. The van der Waals surface area contributed by atoms with Gasteiger partial charge in [-0.1, -0.05) is 109 Å². The summed E-state index contributed by atoms with van der Waals surface area (Å²) in [7, 11) is 0. The first-order valence-electron chi connectivity index (χ1n) is 17.3. The van der Waals surface area contributed by atoms with Crippen molar-refractivity contribution in [2.45, 2.75) is 163 Å². The van der Waals surface area contributed by atoms with E-state index in [4.69, 9.17) is 0 Å². The Kier molecular flexibility index (Phi) is 12.6. The van der Waals surface area contributed by atoms with Gasteiger partial charge in [-0.25, -0.2) is 0 Å². The average molecular weight is 637 g/mol. The first-order chi connectivity index (χ1) is 20.9. The zero-order valence-corrected chi connectivity index (χ0v) is 31.5. The van der Waals surface area contributed by atoms with Gasteiger partial charge in [0.1, 0.15) is 11.5 Å². The number of phenols is 2. The Morgan fingerprint density at radius 3 is 1.50 bits per heavy atom. The molecule has 2 amide bonds. The summed E-state index contributed by atoms with van der Waals surface area (Å²) in [5.74, 6) is 0.714. The Hall–Kier alpha value is -3.02. The fourth-order valence-electron chi connectivity index (χ4n) is 6.04. The molecule has 2 rings (SSSR count). The Balaban J connectivity index is 2.19. The Bertz CT molecular complexity index is 1290. The summed E-state index contributed by atoms with van der Waals surface area (Å²) in [6, 6.07) is 8.04. The number of hydrogen-bond acceptors (Lipinski definition) is 4. The number of benzene rings is 2. The van der Waals surface area contributed by atoms with Crippen molar-refractivity contribution < 1.29 is 19.8 Å². The minimum absolute atomic E-state index is 0.000374. The van der Waals surface area contributed by atoms with Crippen molar-refractivity contribution in [1.29, 1.82) is 0 Å². The summed E-state index contributed by atoms with van der Waals surface area (Å²) in [6.07, 6.45) is 3.63. The van der Waals surface area contributed by atoms with Crippen LogP contribution in [0.4, 0.5) is 5.69 Å². The summed E-state index contributed by atoms with van der Waals surface area (Å²) in [5.41, 5.74) is 4.35. The monoisotopic (exact) mass is 636 g/mol. The molecule has 2 aromatic carbocycles. The smallest absolute Gasteiger partial charge is 0.226 e. The number of nitrogens with one attached hydrogen (secondary N) is 1. The van der Waals surface area contributed by atoms with Crippen molar-refractivity contribution in [3.05, 3.63) is 52.1 Å². The fraction of sp³-hybridized carbons (Fsp3) is 0.650. The minimum Gasteiger partial charge on any atom is -0.507 e. The zero-order chi connectivity index (χ0) is 35.4. The van der Waals surface area contributed by atoms with Crippen LogP contribution in [0.5, 0.6) is 11.5 Å². The molecule has 46 heavy (non-hydrogen) atoms. The molecule has 3 N–H and O–H groups in total. The Morgan fingerprint density at radius 1 is 0.717 bits per heavy atom. The van der Waals surface area contributed by atoms with Crippen LogP contribution in [0.25, 0.3) is 0 Å². The van der Waals surface area contributed by atoms with E-state index in [9.17, 15) is 19.8 Å². The maximum atomic E-state index is 13.5. The van der Waals surface area contributed by atoms with E-state index in [2.05, 4.69) is 95.3 Å². The van der Waals surface area contributed by atoms with Crippen molar-refractivity contribution >= 4 is 17.5 Å². The molecule has 1 atom stereocenters. The van der Waals surface area contributed by atoms with Gasteiger partial charge in [0, 0.05) is 42.2 Å². The summed E-state index contributed by atoms with van der Waals surface area (Å²) in [4.78, 5) is 28.3. The van der Waals surface area contributed by atoms with E-state index < -0.39 is 0 Å². The second-order valence-electron chi connectivity index (χ2n) is 17.1. The van der Waals surface area contributed by atoms with Crippen LogP contribution in [0.15, 0.2) is 24.3 Å². The maximum absolute atomic E-state index is 13.5. The third kappa shape index (κ3) is 9.99. The van der Waals surface area contributed by atoms with E-state index >= 15 is 0 Å². The molecule has 6 heteroatoms. The highest BCUT2D eigenvalue weighted by atomic mass is 16.3. The molecule has 0 radical (unpaired) electrons. The lowest BCUT2D eigenvalue weighted by atomic mass is 9.78. The van der Waals surface area contributed by atoms with Gasteiger partial charge in [-0.3, -0.25) is 9.59 Å². The molecule has 0 saturated heterocycles. The molecular formula is C40H64N2O4. The van der Waals surface area contributed by atoms with Gasteiger partial charge in [0.15, 0.2) is 0 Å². The van der Waals surface area contributed by atoms with Crippen LogP contribution < -0.4 is 10.2 Å². The second kappa shape index (κ2) is 14.8. The average Bonchev–Trinajstić information content (AvgIpc) is 2.91. The van der Waals surface area contributed by atoms with E-state index in [-0.39, 0.29) is 39.5 Å². The van der Waals surface area contributed by atoms with Crippen LogP contribution in [-0.4, -0.2) is 34.6 Å². The normalized spacial score (nSPS) is 13.4. The number of nitrogens with zero attached hydrogens (tertiary/aromatic N) is 1. The molecule has 0 aliphatic rings. The molecule has 258 valence electrons. The summed E-state index contributed by atoms with van der Waals surface area (Å²) >= 11 is 0. The molecule has 0 bridgehead atoms. The van der Waals surface area contributed by atoms with E-state index in [1.165, 1.54) is 0 Å². The highest BCUT2D eigenvalue weighted by Gasteiger charge is 2.31. The van der Waals surface area contributed by atoms with E-state index in [1.54, 1.807) is 0 Å². The number of anilines is 1. The van der Waals surface area contributed by atoms with Crippen LogP contribution in [0.1, 0.15) is 157 Å². The second-order valence-corrected chi connectivity index (χ2v) is 17.1. The molecule has 6 nitrogen and oxygen atoms in total. The number of carbonyl (C=O) groups excluding carboxylic acids is 2. The lowest BCUT2D eigenvalue weighted by molar-refractivity contribution is -0.121. The number of aryl methyl sites for hydroxylation is 1. The molecule has 0 aliphatic carbocycles. The molecule has 0 aromatic heterocycles. The van der Waals surface area contributed by atoms with Crippen LogP contribution in [-0.2, 0) is 37.7 Å². The van der Waals surface area contributed by atoms with Crippen molar-refractivity contribution in [2.75, 3.05) is 11.4 Å². The molecule has 0 heterocycles. The van der Waals surface area contributed by atoms with Gasteiger partial charge in [-0.15, -0.1) is 0 Å². The number of phenolic OH excluding ortho intramolecular Hbond substituents is 2. The lowest BCUT2D eigenvalue weighted by Gasteiger charge is -2.35. The highest BCUT2D eigenvalue weighted by Crippen LogP contribution is 2.43. The molecule has 2 aromatic rings. The largest absolute Gasteiger partial charge is 0.507 e. The van der Waals surface area contributed by atoms with Gasteiger partial charge < -0.3 is 20.4 Å². The summed E-state index contributed by atoms with van der Waals surface area (Å²) in [6.45, 7) is 29.6. The number of rotatable bonds is 11. The van der Waals surface area contributed by atoms with E-state index in [0.717, 1.165) is 52.8 Å². The SMILES string of the molecule is CCC(=O)N(c1cc(C(C)(C)C)c(O)c(C(C)(C)C)c1)C(CC)CCCNC(=O)CCc1cc(C(C)(C)C)c(O)c(C(C)(C)C)c1. The van der Waals surface area contributed by atoms with Gasteiger partial charge in [0.2, 0.25) is 11.8 Å². The number of hydrogen-bond donors (Lipinski definition) is 3. The first-order valence-corrected chi connectivity index (χ1v) is 17.3. The van der Waals surface area contributed by atoms with Gasteiger partial charge in [-0.05, 0) is 76.2 Å². The summed E-state index contributed by atoms with van der Waals surface area (Å²) < 4.78 is 0. The third-order valence-electron chi connectivity index (χ3n) is 8.86. The van der Waals surface area contributed by atoms with E-state index in [0.29, 0.717) is 37.3 Å². The standard InChI is InChI=1S/C40H64N2O4/c1-15-27(42(34(44)16-2)28-24-31(39(9,10)11)36(46)32(25-28)40(12,13)14)18-17-21-41-33(43)20-19-26-22-29(37(3,4)5)35(45)30(23-26)38(6,7)8/h22-25,27,45-46H,15-21H2,1-14H3,(H,41,43). The number of aromatic hydroxyl groups is 2. The predicted molar refractivity (Wildman–Crippen MR) is 193 cm³/mol. The van der Waals surface area contributed by atoms with Gasteiger partial charge in [0.25, 0.3) is 0 Å². The molecule has 0 spiro atoms. The minimum atomic E-state index is -0.296. The van der Waals surface area contributed by atoms with Gasteiger partial charge in [-0.2, -0.15) is 0 Å². The molecular weight excluding hydrogens is 572 g/mol. The quantitative estimate of drug-likeness (QED) is 0.214. The summed E-state index contributed by atoms with van der Waals surface area (Å²) in [5, 5.41) is 25.4. The topological polar surface area (TPSA) is 89.9 Å². The highest BCUT2D eigenvalue weighted by molar-refractivity contribution is 5.94. The fourth-order valence-corrected chi connectivity index (χ4v) is 6.04. The maximum Gasteiger partial charge on any atom is 0.226 e. The molecule has 1 unspecified atom stereocenters. The van der Waals surface area contributed by atoms with Crippen LogP contribution in [0.3, 0.4) is 0 Å². The van der Waals surface area contributed by atoms with Gasteiger partial charge in [0.05, 0.1) is 0 Å². The van der Waals surface area contributed by atoms with Crippen LogP contribution in [0.2, 0.25) is 0 Å². The third-order valence-corrected chi connectivity index (χ3v) is 8.86. The van der Waals surface area contributed by atoms with Crippen LogP contribution in [0, 0.1) is 0 Å². The Labute approximate surface area is 280 Å². The van der Waals surface area contributed by atoms with E-state index in [1.807, 2.05) is 36.1 Å². The predicted octanol–water partition coefficient (Wildman–Crippen LogP) is 9.34. The Morgan fingerprint density at radius 2 is 1.13 bits per heavy atom. The van der Waals surface area contributed by atoms with Gasteiger partial charge >= 0.3 is 0 Å². The van der Waals surface area contributed by atoms with Crippen molar-refractivity contribution in [3.63, 3.8) is 0 Å².